The standard InChI is InChI=1S/C63H57Cl2N9O17/c1-73(2)12-13-74(3)63(88)53-36-24-33(76)25-42(79)48(36)35-18-28(6-8-40(35)77)50-59(84)72-54(62(87)71-53)55(80)29-7-11-44(38(65)19-29)91-47-22-31-21-46(56(47)81)90-43-10-4-26(14-37(43)64)15-39-57(82)68-51(60(85)70-52(31)61(86)69-50)30-16-32(75)23-34(17-30)89-45-20-27(5-9-41(45)78)49(66)58(83)67-39/h4-11,14,16-25,39,49-55,75-81H,12-13,15,66H2,1-3H3,(H,67,83)(H,68,82)(H,69,86)(H,70,85)(H,71,87)(H,72,84)/t39-,49-,50-,51+,52-,53+,54+,55-/m1/s1. The van der Waals surface area contributed by atoms with Crippen LogP contribution in [0.5, 0.6) is 69.0 Å². The number of aromatic hydroxyl groups is 6. The van der Waals surface area contributed by atoms with Crippen LogP contribution in [0.4, 0.5) is 0 Å². The van der Waals surface area contributed by atoms with Gasteiger partial charge in [-0.15, -0.1) is 0 Å². The zero-order valence-corrected chi connectivity index (χ0v) is 49.7. The molecule has 0 radical (unpaired) electrons. The summed E-state index contributed by atoms with van der Waals surface area (Å²) in [5, 5.41) is 96.5. The third-order valence-electron chi connectivity index (χ3n) is 15.7. The van der Waals surface area contributed by atoms with Crippen LogP contribution in [0, 0.1) is 0 Å². The molecule has 6 aliphatic heterocycles. The molecule has 6 aliphatic rings. The average Bonchev–Trinajstić information content (AvgIpc) is 0.793. The second-order valence-corrected chi connectivity index (χ2v) is 23.1. The van der Waals surface area contributed by atoms with Crippen LogP contribution in [0.1, 0.15) is 75.3 Å². The Hall–Kier alpha value is -10.5. The third kappa shape index (κ3) is 12.6. The zero-order valence-electron chi connectivity index (χ0n) is 48.2. The Balaban J connectivity index is 1.13. The van der Waals surface area contributed by atoms with Gasteiger partial charge in [0.2, 0.25) is 47.1 Å². The van der Waals surface area contributed by atoms with Crippen molar-refractivity contribution >= 4 is 64.6 Å². The van der Waals surface area contributed by atoms with Crippen LogP contribution in [0.15, 0.2) is 115 Å². The van der Waals surface area contributed by atoms with Gasteiger partial charge in [-0.2, -0.15) is 0 Å². The van der Waals surface area contributed by atoms with Gasteiger partial charge in [0, 0.05) is 49.8 Å². The van der Waals surface area contributed by atoms with Gasteiger partial charge in [-0.05, 0) is 132 Å². The van der Waals surface area contributed by atoms with Crippen molar-refractivity contribution in [1.82, 2.24) is 41.7 Å². The molecule has 0 saturated heterocycles. The molecular formula is C63H57Cl2N9O17. The van der Waals surface area contributed by atoms with Gasteiger partial charge in [0.05, 0.1) is 10.0 Å². The summed E-state index contributed by atoms with van der Waals surface area (Å²) in [7, 11) is 4.94. The van der Waals surface area contributed by atoms with Gasteiger partial charge in [0.1, 0.15) is 88.6 Å². The zero-order chi connectivity index (χ0) is 65.0. The van der Waals surface area contributed by atoms with E-state index in [4.69, 9.17) is 43.1 Å². The van der Waals surface area contributed by atoms with Crippen molar-refractivity contribution in [2.24, 2.45) is 5.73 Å². The molecule has 8 atom stereocenters. The summed E-state index contributed by atoms with van der Waals surface area (Å²) < 4.78 is 18.5. The molecule has 15 N–H and O–H groups in total. The van der Waals surface area contributed by atoms with Crippen LogP contribution in [0.2, 0.25) is 10.0 Å². The smallest absolute Gasteiger partial charge is 0.249 e. The summed E-state index contributed by atoms with van der Waals surface area (Å²) in [6, 6.07) is 9.46. The number of halogens is 2. The minimum atomic E-state index is -2.15. The maximum Gasteiger partial charge on any atom is 0.249 e. The highest BCUT2D eigenvalue weighted by Crippen LogP contribution is 2.48. The summed E-state index contributed by atoms with van der Waals surface area (Å²) in [5.41, 5.74) is 5.07. The number of hydrogen-bond acceptors (Lipinski definition) is 19. The van der Waals surface area contributed by atoms with Crippen LogP contribution in [0.3, 0.4) is 0 Å². The lowest BCUT2D eigenvalue weighted by Crippen LogP contribution is -2.56. The van der Waals surface area contributed by atoms with Gasteiger partial charge < -0.3 is 97.4 Å². The average molecular weight is 1280 g/mol. The van der Waals surface area contributed by atoms with E-state index in [1.165, 1.54) is 78.7 Å². The van der Waals surface area contributed by atoms with Crippen LogP contribution in [0.25, 0.3) is 11.1 Å². The first-order chi connectivity index (χ1) is 43.3. The number of rotatable bonds is 4. The van der Waals surface area contributed by atoms with Crippen LogP contribution >= 0.6 is 23.2 Å². The van der Waals surface area contributed by atoms with Crippen molar-refractivity contribution in [2.45, 2.75) is 54.8 Å². The largest absolute Gasteiger partial charge is 0.508 e. The number of nitrogens with zero attached hydrogens (tertiary/aromatic N) is 2. The Bertz CT molecular complexity index is 4190. The van der Waals surface area contributed by atoms with E-state index in [0.717, 1.165) is 48.5 Å². The van der Waals surface area contributed by atoms with Gasteiger partial charge in [0.25, 0.3) is 0 Å². The summed E-state index contributed by atoms with van der Waals surface area (Å²) in [6.07, 6.45) is -2.41. The molecule has 0 saturated carbocycles. The van der Waals surface area contributed by atoms with E-state index < -0.39 is 136 Å². The second-order valence-electron chi connectivity index (χ2n) is 22.3. The predicted molar refractivity (Wildman–Crippen MR) is 323 cm³/mol. The molecule has 28 heteroatoms. The predicted octanol–water partition coefficient (Wildman–Crippen LogP) is 4.92. The SMILES string of the molecule is CN(C)CCN(C)C(=O)[C@H]1NC(=O)[C@H]2NC(=O)[C@H](NC(=O)[C@@H]3NC(=O)[C@H]4NC(=O)[C@@H](Cc5ccc(c(Cl)c5)Oc5cc3cc(c5O)Oc3ccc(cc3Cl)[C@H]2O)NC(=O)[C@H](N)c2ccc(O)c(c2)Oc2cc(O)cc4c2)c2ccc(O)c(c2)-c2c(O)cc(O)cc21. The third-order valence-corrected chi connectivity index (χ3v) is 16.3. The monoisotopic (exact) mass is 1280 g/mol. The van der Waals surface area contributed by atoms with E-state index in [-0.39, 0.29) is 90.5 Å². The number of fused-ring (bicyclic) bond motifs is 14. The van der Waals surface area contributed by atoms with Gasteiger partial charge in [-0.25, -0.2) is 0 Å². The number of likely N-dealkylation sites (N-methyl/N-ethyl adjacent to an activating group) is 2. The lowest BCUT2D eigenvalue weighted by atomic mass is 9.89. The number of benzene rings is 7. The van der Waals surface area contributed by atoms with Crippen molar-refractivity contribution < 1.29 is 83.5 Å². The van der Waals surface area contributed by atoms with Crippen LogP contribution in [-0.4, -0.2) is 133 Å². The first-order valence-electron chi connectivity index (χ1n) is 28.0. The van der Waals surface area contributed by atoms with Gasteiger partial charge in [0.15, 0.2) is 23.0 Å². The molecule has 0 spiro atoms. The van der Waals surface area contributed by atoms with Crippen LogP contribution in [-0.2, 0) is 40.0 Å². The van der Waals surface area contributed by atoms with E-state index in [1.807, 2.05) is 0 Å². The van der Waals surface area contributed by atoms with Crippen molar-refractivity contribution in [2.75, 3.05) is 34.2 Å². The number of phenolic OH excluding ortho intramolecular Hbond substituents is 6. The quantitative estimate of drug-likeness (QED) is 0.111. The molecule has 13 rings (SSSR count). The molecule has 0 aromatic heterocycles. The first-order valence-corrected chi connectivity index (χ1v) is 28.7. The van der Waals surface area contributed by atoms with E-state index in [9.17, 15) is 50.1 Å². The molecule has 26 nitrogen and oxygen atoms in total. The number of aliphatic hydroxyl groups is 1. The maximum atomic E-state index is 15.9. The van der Waals surface area contributed by atoms with E-state index in [0.29, 0.717) is 12.1 Å². The molecule has 470 valence electrons. The molecule has 0 fully saturated rings. The molecule has 7 amide bonds. The molecule has 17 bridgehead atoms. The van der Waals surface area contributed by atoms with E-state index in [1.54, 1.807) is 19.0 Å². The number of nitrogens with one attached hydrogen (secondary N) is 6. The summed E-state index contributed by atoms with van der Waals surface area (Å²) >= 11 is 13.8. The lowest BCUT2D eigenvalue weighted by Gasteiger charge is -2.32. The molecule has 7 aromatic carbocycles. The Kier molecular flexibility index (Phi) is 16.9. The van der Waals surface area contributed by atoms with E-state index >= 15 is 19.2 Å². The van der Waals surface area contributed by atoms with Crippen molar-refractivity contribution in [1.29, 1.82) is 0 Å². The maximum absolute atomic E-state index is 15.9. The summed E-state index contributed by atoms with van der Waals surface area (Å²) in [6.45, 7) is 0.403. The highest BCUT2D eigenvalue weighted by atomic mass is 35.5. The fourth-order valence-corrected chi connectivity index (χ4v) is 11.4. The minimum absolute atomic E-state index is 0.0771. The van der Waals surface area contributed by atoms with Gasteiger partial charge in [-0.3, -0.25) is 33.6 Å². The summed E-state index contributed by atoms with van der Waals surface area (Å²) in [5.74, 6) is -13.3. The van der Waals surface area contributed by atoms with Crippen molar-refractivity contribution in [3.8, 4) is 80.1 Å². The Morgan fingerprint density at radius 1 is 0.527 bits per heavy atom. The van der Waals surface area contributed by atoms with Gasteiger partial charge in [-0.1, -0.05) is 47.5 Å². The molecule has 0 aliphatic carbocycles. The second kappa shape index (κ2) is 24.8. The summed E-state index contributed by atoms with van der Waals surface area (Å²) in [4.78, 5) is 109. The molecule has 7 aromatic rings. The number of carbonyl (C=O) groups excluding carboxylic acids is 7. The first kappa shape index (κ1) is 62.1. The number of amides is 7. The number of nitrogens with two attached hydrogens (primary N) is 1. The highest BCUT2D eigenvalue weighted by Gasteiger charge is 2.42. The molecule has 91 heavy (non-hydrogen) atoms. The van der Waals surface area contributed by atoms with Crippen LogP contribution < -0.4 is 51.8 Å². The Morgan fingerprint density at radius 2 is 1.11 bits per heavy atom. The van der Waals surface area contributed by atoms with Crippen molar-refractivity contribution in [3.63, 3.8) is 0 Å². The fraction of sp³-hybridized carbons (Fsp3) is 0.222. The fourth-order valence-electron chi connectivity index (χ4n) is 10.9. The number of hydrogen-bond donors (Lipinski definition) is 14. The lowest BCUT2D eigenvalue weighted by molar-refractivity contribution is -0.139. The van der Waals surface area contributed by atoms with Gasteiger partial charge >= 0.3 is 0 Å². The Labute approximate surface area is 526 Å². The minimum Gasteiger partial charge on any atom is -0.508 e. The number of aliphatic hydroxyl groups excluding tert-OH is 1. The number of ether oxygens (including phenoxy) is 3. The van der Waals surface area contributed by atoms with E-state index in [2.05, 4.69) is 31.9 Å². The van der Waals surface area contributed by atoms with Crippen molar-refractivity contribution in [3.05, 3.63) is 164 Å². The molecular weight excluding hydrogens is 1230 g/mol. The molecule has 6 heterocycles. The highest BCUT2D eigenvalue weighted by molar-refractivity contribution is 6.32. The number of carbonyl (C=O) groups is 7. The normalized spacial score (nSPS) is 21.4. The number of phenols is 6. The topological polar surface area (TPSA) is 393 Å². The Morgan fingerprint density at radius 3 is 1.78 bits per heavy atom. The molecule has 0 unspecified atom stereocenters.